The summed E-state index contributed by atoms with van der Waals surface area (Å²) in [6.45, 7) is 7.43. The number of aryl methyl sites for hydroxylation is 2. The zero-order valence-electron chi connectivity index (χ0n) is 20.0. The number of hydrogen-bond donors (Lipinski definition) is 0. The van der Waals surface area contributed by atoms with Crippen LogP contribution in [0.15, 0.2) is 39.5 Å². The molecule has 7 heteroatoms. The molecule has 0 bridgehead atoms. The van der Waals surface area contributed by atoms with Crippen LogP contribution in [0.4, 0.5) is 0 Å². The van der Waals surface area contributed by atoms with Gasteiger partial charge >= 0.3 is 0 Å². The van der Waals surface area contributed by atoms with Gasteiger partial charge in [-0.2, -0.15) is 0 Å². The summed E-state index contributed by atoms with van der Waals surface area (Å²) in [5.41, 5.74) is 3.43. The second-order valence-electron chi connectivity index (χ2n) is 8.65. The molecule has 0 radical (unpaired) electrons. The standard InChI is InChI=1S/C26H30N2O5/c1-7-32-19-9-8-17(14-21(19)31-6)23-22-24(29)18-12-15(2)16(3)13-20(18)33-25(22)26(30)28(23)11-10-27(4)5/h8-9,12-14,23H,7,10-11H2,1-6H3. The fraction of sp³-hybridized carbons (Fsp3) is 0.385. The number of likely N-dealkylation sites (N-methyl/N-ethyl adjacent to an activating group) is 1. The van der Waals surface area contributed by atoms with Gasteiger partial charge in [0.1, 0.15) is 5.58 Å². The van der Waals surface area contributed by atoms with Gasteiger partial charge in [0.05, 0.1) is 30.7 Å². The van der Waals surface area contributed by atoms with Gasteiger partial charge in [0.2, 0.25) is 5.76 Å². The highest BCUT2D eigenvalue weighted by Crippen LogP contribution is 2.41. The number of carbonyl (C=O) groups is 1. The summed E-state index contributed by atoms with van der Waals surface area (Å²) in [5.74, 6) is 1.01. The molecule has 0 saturated heterocycles. The SMILES string of the molecule is CCOc1ccc(C2c3c(oc4cc(C)c(C)cc4c3=O)C(=O)N2CCN(C)C)cc1OC. The first kappa shape index (κ1) is 22.9. The Bertz CT molecular complexity index is 1280. The molecule has 3 aromatic rings. The molecule has 0 spiro atoms. The molecule has 4 rings (SSSR count). The Morgan fingerprint density at radius 1 is 1.06 bits per heavy atom. The van der Waals surface area contributed by atoms with Crippen LogP contribution in [-0.2, 0) is 0 Å². The third kappa shape index (κ3) is 3.97. The molecular weight excluding hydrogens is 420 g/mol. The Kier molecular flexibility index (Phi) is 6.17. The quantitative estimate of drug-likeness (QED) is 0.543. The van der Waals surface area contributed by atoms with Crippen molar-refractivity contribution in [2.45, 2.75) is 26.8 Å². The van der Waals surface area contributed by atoms with Gasteiger partial charge < -0.3 is 23.7 Å². The number of hydrogen-bond acceptors (Lipinski definition) is 6. The van der Waals surface area contributed by atoms with Crippen molar-refractivity contribution in [3.63, 3.8) is 0 Å². The fourth-order valence-electron chi connectivity index (χ4n) is 4.29. The normalized spacial score (nSPS) is 15.4. The molecule has 0 saturated carbocycles. The van der Waals surface area contributed by atoms with Gasteiger partial charge in [0.15, 0.2) is 16.9 Å². The maximum atomic E-state index is 13.7. The van der Waals surface area contributed by atoms with Crippen molar-refractivity contribution < 1.29 is 18.7 Å². The lowest BCUT2D eigenvalue weighted by molar-refractivity contribution is 0.0716. The van der Waals surface area contributed by atoms with Crippen LogP contribution in [0, 0.1) is 13.8 Å². The summed E-state index contributed by atoms with van der Waals surface area (Å²) in [7, 11) is 5.48. The molecule has 7 nitrogen and oxygen atoms in total. The van der Waals surface area contributed by atoms with Crippen LogP contribution in [0.3, 0.4) is 0 Å². The van der Waals surface area contributed by atoms with Crippen LogP contribution in [0.5, 0.6) is 11.5 Å². The Morgan fingerprint density at radius 2 is 1.79 bits per heavy atom. The average molecular weight is 451 g/mol. The van der Waals surface area contributed by atoms with Crippen LogP contribution in [0.2, 0.25) is 0 Å². The number of carbonyl (C=O) groups excluding carboxylic acids is 1. The van der Waals surface area contributed by atoms with E-state index in [4.69, 9.17) is 13.9 Å². The molecule has 0 aliphatic carbocycles. The first-order valence-corrected chi connectivity index (χ1v) is 11.1. The van der Waals surface area contributed by atoms with Crippen molar-refractivity contribution in [1.29, 1.82) is 0 Å². The summed E-state index contributed by atoms with van der Waals surface area (Å²) in [5, 5.41) is 0.488. The molecular formula is C26H30N2O5. The molecule has 0 fully saturated rings. The van der Waals surface area contributed by atoms with E-state index >= 15 is 0 Å². The van der Waals surface area contributed by atoms with E-state index in [2.05, 4.69) is 0 Å². The lowest BCUT2D eigenvalue weighted by Gasteiger charge is -2.27. The van der Waals surface area contributed by atoms with E-state index in [1.807, 2.05) is 70.1 Å². The molecule has 33 heavy (non-hydrogen) atoms. The van der Waals surface area contributed by atoms with E-state index in [0.29, 0.717) is 47.7 Å². The van der Waals surface area contributed by atoms with Crippen molar-refractivity contribution >= 4 is 16.9 Å². The topological polar surface area (TPSA) is 72.2 Å². The van der Waals surface area contributed by atoms with Crippen LogP contribution in [-0.4, -0.2) is 56.6 Å². The maximum absolute atomic E-state index is 13.7. The third-order valence-electron chi connectivity index (χ3n) is 6.17. The Hall–Kier alpha value is -3.32. The van der Waals surface area contributed by atoms with Crippen molar-refractivity contribution in [3.8, 4) is 11.5 Å². The zero-order valence-corrected chi connectivity index (χ0v) is 20.0. The van der Waals surface area contributed by atoms with E-state index in [1.54, 1.807) is 12.0 Å². The largest absolute Gasteiger partial charge is 0.493 e. The van der Waals surface area contributed by atoms with Gasteiger partial charge in [-0.05, 0) is 75.8 Å². The van der Waals surface area contributed by atoms with E-state index in [-0.39, 0.29) is 17.1 Å². The molecule has 2 heterocycles. The van der Waals surface area contributed by atoms with Gasteiger partial charge in [-0.3, -0.25) is 9.59 Å². The number of fused-ring (bicyclic) bond motifs is 2. The summed E-state index contributed by atoms with van der Waals surface area (Å²) in [6.07, 6.45) is 0. The van der Waals surface area contributed by atoms with Crippen LogP contribution in [0.25, 0.3) is 11.0 Å². The molecule has 0 N–H and O–H groups in total. The minimum absolute atomic E-state index is 0.118. The predicted octanol–water partition coefficient (Wildman–Crippen LogP) is 3.92. The van der Waals surface area contributed by atoms with Crippen LogP contribution < -0.4 is 14.9 Å². The van der Waals surface area contributed by atoms with Gasteiger partial charge in [0, 0.05) is 13.1 Å². The van der Waals surface area contributed by atoms with Gasteiger partial charge in [-0.15, -0.1) is 0 Å². The average Bonchev–Trinajstić information content (AvgIpc) is 3.06. The molecule has 1 aliphatic heterocycles. The molecule has 1 amide bonds. The van der Waals surface area contributed by atoms with Crippen LogP contribution in [0.1, 0.15) is 45.8 Å². The van der Waals surface area contributed by atoms with E-state index in [9.17, 15) is 9.59 Å². The number of ether oxygens (including phenoxy) is 2. The highest BCUT2D eigenvalue weighted by molar-refractivity contribution is 5.99. The second-order valence-corrected chi connectivity index (χ2v) is 8.65. The number of rotatable bonds is 7. The van der Waals surface area contributed by atoms with Crippen LogP contribution >= 0.6 is 0 Å². The van der Waals surface area contributed by atoms with Gasteiger partial charge in [-0.25, -0.2) is 0 Å². The summed E-state index contributed by atoms with van der Waals surface area (Å²) >= 11 is 0. The first-order valence-electron chi connectivity index (χ1n) is 11.1. The molecule has 174 valence electrons. The number of methoxy groups -OCH3 is 1. The molecule has 1 atom stereocenters. The predicted molar refractivity (Wildman–Crippen MR) is 128 cm³/mol. The fourth-order valence-corrected chi connectivity index (χ4v) is 4.29. The summed E-state index contributed by atoms with van der Waals surface area (Å²) in [4.78, 5) is 30.9. The van der Waals surface area contributed by atoms with Crippen molar-refractivity contribution in [1.82, 2.24) is 9.80 Å². The van der Waals surface area contributed by atoms with E-state index in [0.717, 1.165) is 16.7 Å². The van der Waals surface area contributed by atoms with E-state index in [1.165, 1.54) is 0 Å². The minimum atomic E-state index is -0.570. The van der Waals surface area contributed by atoms with Gasteiger partial charge in [0.25, 0.3) is 5.91 Å². The molecule has 2 aromatic carbocycles. The Labute approximate surface area is 193 Å². The number of amides is 1. The number of benzene rings is 2. The lowest BCUT2D eigenvalue weighted by atomic mass is 9.97. The smallest absolute Gasteiger partial charge is 0.290 e. The van der Waals surface area contributed by atoms with E-state index < -0.39 is 6.04 Å². The second kappa shape index (κ2) is 8.90. The Morgan fingerprint density at radius 3 is 2.45 bits per heavy atom. The van der Waals surface area contributed by atoms with Crippen molar-refractivity contribution in [2.75, 3.05) is 40.9 Å². The van der Waals surface area contributed by atoms with Crippen molar-refractivity contribution in [3.05, 3.63) is 68.6 Å². The zero-order chi connectivity index (χ0) is 23.9. The highest BCUT2D eigenvalue weighted by Gasteiger charge is 2.42. The summed E-state index contributed by atoms with van der Waals surface area (Å²) in [6, 6.07) is 8.65. The Balaban J connectivity index is 1.94. The maximum Gasteiger partial charge on any atom is 0.290 e. The highest BCUT2D eigenvalue weighted by atomic mass is 16.5. The molecule has 1 unspecified atom stereocenters. The summed E-state index contributed by atoms with van der Waals surface area (Å²) < 4.78 is 17.3. The first-order chi connectivity index (χ1) is 15.8. The monoisotopic (exact) mass is 450 g/mol. The third-order valence-corrected chi connectivity index (χ3v) is 6.17. The molecule has 1 aliphatic rings. The number of nitrogens with zero attached hydrogens (tertiary/aromatic N) is 2. The lowest BCUT2D eigenvalue weighted by Crippen LogP contribution is -2.35. The minimum Gasteiger partial charge on any atom is -0.493 e. The van der Waals surface area contributed by atoms with Crippen molar-refractivity contribution in [2.24, 2.45) is 0 Å². The van der Waals surface area contributed by atoms with Gasteiger partial charge in [-0.1, -0.05) is 6.07 Å². The molecule has 1 aromatic heterocycles.